The van der Waals surface area contributed by atoms with E-state index in [1.807, 2.05) is 30.7 Å². The molecule has 1 aliphatic carbocycles. The summed E-state index contributed by atoms with van der Waals surface area (Å²) in [4.78, 5) is 11.2. The number of rotatable bonds is 2. The highest BCUT2D eigenvalue weighted by Gasteiger charge is 2.67. The predicted molar refractivity (Wildman–Crippen MR) is 52.0 cm³/mol. The number of thiophene rings is 1. The molecule has 1 aliphatic rings. The van der Waals surface area contributed by atoms with Gasteiger partial charge in [-0.05, 0) is 34.2 Å². The second kappa shape index (κ2) is 2.35. The van der Waals surface area contributed by atoms with E-state index in [-0.39, 0.29) is 5.41 Å². The Balaban J connectivity index is 2.45. The minimum absolute atomic E-state index is 0.0834. The van der Waals surface area contributed by atoms with Crippen LogP contribution < -0.4 is 0 Å². The fraction of sp³-hybridized carbons (Fsp3) is 0.500. The van der Waals surface area contributed by atoms with Crippen molar-refractivity contribution in [2.75, 3.05) is 0 Å². The van der Waals surface area contributed by atoms with Crippen molar-refractivity contribution in [3.8, 4) is 0 Å². The summed E-state index contributed by atoms with van der Waals surface area (Å²) in [6, 6.07) is 1.92. The van der Waals surface area contributed by atoms with Gasteiger partial charge in [-0.15, -0.1) is 0 Å². The zero-order chi connectivity index (χ0) is 9.69. The maximum Gasteiger partial charge on any atom is 0.314 e. The summed E-state index contributed by atoms with van der Waals surface area (Å²) in [5.74, 6) is -0.684. The predicted octanol–water partition coefficient (Wildman–Crippen LogP) is 2.50. The van der Waals surface area contributed by atoms with Crippen molar-refractivity contribution in [2.24, 2.45) is 5.41 Å². The molecule has 0 saturated heterocycles. The zero-order valence-electron chi connectivity index (χ0n) is 7.70. The first-order valence-corrected chi connectivity index (χ1v) is 5.21. The van der Waals surface area contributed by atoms with E-state index in [2.05, 4.69) is 0 Å². The van der Waals surface area contributed by atoms with Crippen molar-refractivity contribution < 1.29 is 9.90 Å². The van der Waals surface area contributed by atoms with Crippen LogP contribution in [0.5, 0.6) is 0 Å². The first kappa shape index (κ1) is 8.75. The van der Waals surface area contributed by atoms with Crippen LogP contribution in [0.25, 0.3) is 0 Å². The van der Waals surface area contributed by atoms with Crippen molar-refractivity contribution in [1.82, 2.24) is 0 Å². The molecule has 1 fully saturated rings. The fourth-order valence-corrected chi connectivity index (χ4v) is 2.84. The Morgan fingerprint density at radius 1 is 1.62 bits per heavy atom. The van der Waals surface area contributed by atoms with Crippen molar-refractivity contribution in [3.05, 3.63) is 22.4 Å². The molecule has 3 heteroatoms. The highest BCUT2D eigenvalue weighted by Crippen LogP contribution is 2.64. The summed E-state index contributed by atoms with van der Waals surface area (Å²) >= 11 is 1.56. The molecule has 2 nitrogen and oxygen atoms in total. The minimum Gasteiger partial charge on any atom is -0.481 e. The first-order chi connectivity index (χ1) is 6.01. The van der Waals surface area contributed by atoms with E-state index in [9.17, 15) is 9.90 Å². The van der Waals surface area contributed by atoms with Gasteiger partial charge in [-0.1, -0.05) is 13.8 Å². The third kappa shape index (κ3) is 0.967. The molecule has 1 atom stereocenters. The number of hydrogen-bond donors (Lipinski definition) is 1. The van der Waals surface area contributed by atoms with Gasteiger partial charge < -0.3 is 5.11 Å². The number of carboxylic acids is 1. The van der Waals surface area contributed by atoms with Crippen LogP contribution in [0.1, 0.15) is 25.8 Å². The molecule has 1 aromatic rings. The third-order valence-corrected chi connectivity index (χ3v) is 3.80. The summed E-state index contributed by atoms with van der Waals surface area (Å²) in [5.41, 5.74) is 0.280. The van der Waals surface area contributed by atoms with Crippen molar-refractivity contribution in [1.29, 1.82) is 0 Å². The van der Waals surface area contributed by atoms with E-state index in [0.717, 1.165) is 12.0 Å². The quantitative estimate of drug-likeness (QED) is 0.789. The normalized spacial score (nSPS) is 30.0. The Labute approximate surface area is 81.2 Å². The van der Waals surface area contributed by atoms with Crippen LogP contribution >= 0.6 is 11.3 Å². The Hall–Kier alpha value is -0.830. The van der Waals surface area contributed by atoms with E-state index in [0.29, 0.717) is 0 Å². The molecule has 1 heterocycles. The van der Waals surface area contributed by atoms with Gasteiger partial charge >= 0.3 is 5.97 Å². The van der Waals surface area contributed by atoms with Gasteiger partial charge in [0.1, 0.15) is 0 Å². The number of hydrogen-bond acceptors (Lipinski definition) is 2. The maximum atomic E-state index is 11.2. The molecule has 0 aromatic carbocycles. The lowest BCUT2D eigenvalue weighted by atomic mass is 9.90. The number of aliphatic carboxylic acids is 1. The largest absolute Gasteiger partial charge is 0.481 e. The van der Waals surface area contributed by atoms with Crippen LogP contribution in [-0.2, 0) is 10.2 Å². The molecule has 1 aromatic heterocycles. The van der Waals surface area contributed by atoms with Crippen molar-refractivity contribution >= 4 is 17.3 Å². The highest BCUT2D eigenvalue weighted by molar-refractivity contribution is 7.08. The van der Waals surface area contributed by atoms with E-state index in [1.165, 1.54) is 0 Å². The van der Waals surface area contributed by atoms with Gasteiger partial charge in [-0.3, -0.25) is 4.79 Å². The van der Waals surface area contributed by atoms with E-state index < -0.39 is 11.4 Å². The van der Waals surface area contributed by atoms with Crippen LogP contribution in [0.2, 0.25) is 0 Å². The van der Waals surface area contributed by atoms with Crippen LogP contribution in [0.15, 0.2) is 16.8 Å². The molecule has 1 saturated carbocycles. The summed E-state index contributed by atoms with van der Waals surface area (Å²) in [5, 5.41) is 13.1. The van der Waals surface area contributed by atoms with Gasteiger partial charge in [0.25, 0.3) is 0 Å². The third-order valence-electron chi connectivity index (χ3n) is 3.12. The number of carboxylic acid groups (broad SMARTS) is 1. The van der Waals surface area contributed by atoms with Crippen LogP contribution in [0, 0.1) is 5.41 Å². The number of carbonyl (C=O) groups is 1. The Kier molecular flexibility index (Phi) is 1.58. The zero-order valence-corrected chi connectivity index (χ0v) is 8.52. The molecule has 0 bridgehead atoms. The van der Waals surface area contributed by atoms with Crippen molar-refractivity contribution in [2.45, 2.75) is 25.7 Å². The summed E-state index contributed by atoms with van der Waals surface area (Å²) in [7, 11) is 0. The van der Waals surface area contributed by atoms with Crippen LogP contribution in [-0.4, -0.2) is 11.1 Å². The van der Waals surface area contributed by atoms with E-state index in [1.54, 1.807) is 11.3 Å². The molecule has 1 unspecified atom stereocenters. The molecule has 0 radical (unpaired) electrons. The average Bonchev–Trinajstić information content (AvgIpc) is 2.52. The SMILES string of the molecule is CC1(C)CC1(C(=O)O)c1ccsc1. The lowest BCUT2D eigenvalue weighted by Gasteiger charge is -2.13. The Bertz CT molecular complexity index is 340. The Morgan fingerprint density at radius 2 is 2.23 bits per heavy atom. The Morgan fingerprint density at radius 3 is 2.54 bits per heavy atom. The van der Waals surface area contributed by atoms with Gasteiger partial charge in [0.2, 0.25) is 0 Å². The first-order valence-electron chi connectivity index (χ1n) is 4.27. The second-order valence-corrected chi connectivity index (χ2v) is 5.06. The van der Waals surface area contributed by atoms with Gasteiger partial charge in [-0.25, -0.2) is 0 Å². The maximum absolute atomic E-state index is 11.2. The smallest absolute Gasteiger partial charge is 0.314 e. The lowest BCUT2D eigenvalue weighted by molar-refractivity contribution is -0.141. The second-order valence-electron chi connectivity index (χ2n) is 4.28. The molecule has 0 spiro atoms. The van der Waals surface area contributed by atoms with Gasteiger partial charge in [0, 0.05) is 0 Å². The molecular weight excluding hydrogens is 184 g/mol. The molecular formula is C10H12O2S. The minimum atomic E-state index is -0.684. The molecule has 13 heavy (non-hydrogen) atoms. The lowest BCUT2D eigenvalue weighted by Crippen LogP contribution is -2.24. The van der Waals surface area contributed by atoms with Gasteiger partial charge in [0.15, 0.2) is 0 Å². The molecule has 1 N–H and O–H groups in total. The molecule has 0 amide bonds. The van der Waals surface area contributed by atoms with Crippen LogP contribution in [0.4, 0.5) is 0 Å². The molecule has 70 valence electrons. The average molecular weight is 196 g/mol. The van der Waals surface area contributed by atoms with Crippen LogP contribution in [0.3, 0.4) is 0 Å². The van der Waals surface area contributed by atoms with Gasteiger partial charge in [0.05, 0.1) is 5.41 Å². The molecule has 0 aliphatic heterocycles. The monoisotopic (exact) mass is 196 g/mol. The van der Waals surface area contributed by atoms with E-state index in [4.69, 9.17) is 0 Å². The summed E-state index contributed by atoms with van der Waals surface area (Å²) in [6.45, 7) is 4.03. The van der Waals surface area contributed by atoms with E-state index >= 15 is 0 Å². The summed E-state index contributed by atoms with van der Waals surface area (Å²) in [6.07, 6.45) is 0.756. The van der Waals surface area contributed by atoms with Gasteiger partial charge in [-0.2, -0.15) is 11.3 Å². The molecule has 2 rings (SSSR count). The highest BCUT2D eigenvalue weighted by atomic mass is 32.1. The summed E-state index contributed by atoms with van der Waals surface area (Å²) < 4.78 is 0. The standard InChI is InChI=1S/C10H12O2S/c1-9(2)6-10(9,8(11)12)7-3-4-13-5-7/h3-5H,6H2,1-2H3,(H,11,12). The van der Waals surface area contributed by atoms with Crippen molar-refractivity contribution in [3.63, 3.8) is 0 Å². The topological polar surface area (TPSA) is 37.3 Å². The fourth-order valence-electron chi connectivity index (χ4n) is 2.11.